The van der Waals surface area contributed by atoms with E-state index in [4.69, 9.17) is 5.11 Å². The lowest BCUT2D eigenvalue weighted by atomic mass is 10.1. The Labute approximate surface area is 95.0 Å². The normalized spacial score (nSPS) is 21.7. The van der Waals surface area contributed by atoms with Gasteiger partial charge in [0.25, 0.3) is 0 Å². The lowest BCUT2D eigenvalue weighted by Gasteiger charge is -2.32. The van der Waals surface area contributed by atoms with Gasteiger partial charge in [-0.15, -0.1) is 0 Å². The van der Waals surface area contributed by atoms with E-state index in [9.17, 15) is 9.59 Å². The van der Waals surface area contributed by atoms with E-state index in [1.165, 1.54) is 4.90 Å². The summed E-state index contributed by atoms with van der Waals surface area (Å²) in [4.78, 5) is 23.8. The zero-order valence-corrected chi connectivity index (χ0v) is 9.91. The summed E-state index contributed by atoms with van der Waals surface area (Å²) in [5.74, 6) is -0.154. The third-order valence-corrected chi connectivity index (χ3v) is 2.26. The predicted molar refractivity (Wildman–Crippen MR) is 59.3 cm³/mol. The van der Waals surface area contributed by atoms with E-state index in [-0.39, 0.29) is 18.0 Å². The summed E-state index contributed by atoms with van der Waals surface area (Å²) in [6.07, 6.45) is -0.977. The molecule has 1 aliphatic heterocycles. The van der Waals surface area contributed by atoms with Crippen molar-refractivity contribution in [2.24, 2.45) is 0 Å². The Morgan fingerprint density at radius 2 is 2.06 bits per heavy atom. The summed E-state index contributed by atoms with van der Waals surface area (Å²) in [6.45, 7) is 6.81. The van der Waals surface area contributed by atoms with Crippen LogP contribution < -0.4 is 10.6 Å². The van der Waals surface area contributed by atoms with Crippen LogP contribution >= 0.6 is 0 Å². The summed E-state index contributed by atoms with van der Waals surface area (Å²) >= 11 is 0. The topological polar surface area (TPSA) is 81.7 Å². The van der Waals surface area contributed by atoms with Crippen LogP contribution in [0.4, 0.5) is 4.79 Å². The van der Waals surface area contributed by atoms with Crippen LogP contribution in [0.5, 0.6) is 0 Å². The van der Waals surface area contributed by atoms with Crippen molar-refractivity contribution in [2.75, 3.05) is 19.6 Å². The van der Waals surface area contributed by atoms with Crippen LogP contribution in [0.2, 0.25) is 0 Å². The molecular formula is C10H19N3O3. The number of piperazine rings is 1. The molecule has 1 heterocycles. The fourth-order valence-electron chi connectivity index (χ4n) is 1.56. The Hall–Kier alpha value is -1.30. The van der Waals surface area contributed by atoms with Gasteiger partial charge >= 0.3 is 6.09 Å². The highest BCUT2D eigenvalue weighted by molar-refractivity contribution is 5.83. The molecule has 1 fully saturated rings. The molecule has 1 saturated heterocycles. The molecule has 1 unspecified atom stereocenters. The second-order valence-corrected chi connectivity index (χ2v) is 4.97. The fourth-order valence-corrected chi connectivity index (χ4v) is 1.56. The first-order valence-electron chi connectivity index (χ1n) is 5.33. The van der Waals surface area contributed by atoms with Crippen molar-refractivity contribution in [2.45, 2.75) is 32.4 Å². The average molecular weight is 229 g/mol. The Bertz CT molecular complexity index is 286. The number of carbonyl (C=O) groups excluding carboxylic acids is 1. The summed E-state index contributed by atoms with van der Waals surface area (Å²) in [5, 5.41) is 14.7. The van der Waals surface area contributed by atoms with E-state index in [1.807, 2.05) is 20.8 Å². The van der Waals surface area contributed by atoms with Crippen molar-refractivity contribution >= 4 is 12.0 Å². The van der Waals surface area contributed by atoms with E-state index < -0.39 is 12.1 Å². The van der Waals surface area contributed by atoms with Gasteiger partial charge in [0.15, 0.2) is 0 Å². The Balaban J connectivity index is 2.54. The molecule has 0 radical (unpaired) electrons. The highest BCUT2D eigenvalue weighted by atomic mass is 16.4. The number of nitrogens with zero attached hydrogens (tertiary/aromatic N) is 1. The third kappa shape index (κ3) is 3.69. The molecule has 1 aliphatic rings. The number of hydrogen-bond donors (Lipinski definition) is 3. The number of carbonyl (C=O) groups is 2. The van der Waals surface area contributed by atoms with Gasteiger partial charge < -0.3 is 20.6 Å². The second-order valence-electron chi connectivity index (χ2n) is 4.97. The molecule has 6 nitrogen and oxygen atoms in total. The van der Waals surface area contributed by atoms with Gasteiger partial charge in [0, 0.05) is 25.2 Å². The van der Waals surface area contributed by atoms with E-state index in [0.717, 1.165) is 0 Å². The monoisotopic (exact) mass is 229 g/mol. The molecule has 0 aromatic rings. The van der Waals surface area contributed by atoms with Gasteiger partial charge in [0.05, 0.1) is 0 Å². The minimum absolute atomic E-state index is 0.154. The van der Waals surface area contributed by atoms with Gasteiger partial charge in [-0.3, -0.25) is 4.79 Å². The van der Waals surface area contributed by atoms with Gasteiger partial charge in [0.2, 0.25) is 5.91 Å². The number of hydrogen-bond acceptors (Lipinski definition) is 3. The molecule has 1 rings (SSSR count). The number of rotatable bonds is 1. The van der Waals surface area contributed by atoms with E-state index in [0.29, 0.717) is 13.1 Å². The molecule has 0 aromatic carbocycles. The lowest BCUT2D eigenvalue weighted by Crippen LogP contribution is -2.60. The highest BCUT2D eigenvalue weighted by Crippen LogP contribution is 2.03. The SMILES string of the molecule is CC(C)(C)NC(=O)C1CN(C(=O)O)CCN1. The van der Waals surface area contributed by atoms with Crippen molar-refractivity contribution in [3.63, 3.8) is 0 Å². The van der Waals surface area contributed by atoms with Crippen molar-refractivity contribution in [3.8, 4) is 0 Å². The number of nitrogens with one attached hydrogen (secondary N) is 2. The summed E-state index contributed by atoms with van der Waals surface area (Å²) in [7, 11) is 0. The fraction of sp³-hybridized carbons (Fsp3) is 0.800. The standard InChI is InChI=1S/C10H19N3O3/c1-10(2,3)12-8(14)7-6-13(9(15)16)5-4-11-7/h7,11H,4-6H2,1-3H3,(H,12,14)(H,15,16). The largest absolute Gasteiger partial charge is 0.465 e. The van der Waals surface area contributed by atoms with Crippen molar-refractivity contribution in [3.05, 3.63) is 0 Å². The maximum Gasteiger partial charge on any atom is 0.407 e. The van der Waals surface area contributed by atoms with Crippen molar-refractivity contribution in [1.82, 2.24) is 15.5 Å². The molecule has 0 aromatic heterocycles. The molecule has 0 saturated carbocycles. The number of amides is 2. The molecule has 92 valence electrons. The first-order valence-corrected chi connectivity index (χ1v) is 5.33. The molecule has 0 bridgehead atoms. The average Bonchev–Trinajstić information content (AvgIpc) is 2.15. The molecule has 2 amide bonds. The summed E-state index contributed by atoms with van der Waals surface area (Å²) in [5.41, 5.74) is -0.301. The quantitative estimate of drug-likeness (QED) is 0.584. The highest BCUT2D eigenvalue weighted by Gasteiger charge is 2.29. The van der Waals surface area contributed by atoms with Gasteiger partial charge in [-0.25, -0.2) is 4.79 Å². The van der Waals surface area contributed by atoms with Crippen molar-refractivity contribution < 1.29 is 14.7 Å². The summed E-state index contributed by atoms with van der Waals surface area (Å²) < 4.78 is 0. The van der Waals surface area contributed by atoms with Gasteiger partial charge in [-0.05, 0) is 20.8 Å². The maximum absolute atomic E-state index is 11.8. The Morgan fingerprint density at radius 3 is 2.56 bits per heavy atom. The van der Waals surface area contributed by atoms with Gasteiger partial charge in [-0.2, -0.15) is 0 Å². The first-order chi connectivity index (χ1) is 7.29. The molecule has 6 heteroatoms. The van der Waals surface area contributed by atoms with Crippen LogP contribution in [-0.2, 0) is 4.79 Å². The zero-order chi connectivity index (χ0) is 12.3. The minimum atomic E-state index is -0.977. The minimum Gasteiger partial charge on any atom is -0.465 e. The molecule has 0 aliphatic carbocycles. The zero-order valence-electron chi connectivity index (χ0n) is 9.91. The molecule has 16 heavy (non-hydrogen) atoms. The lowest BCUT2D eigenvalue weighted by molar-refractivity contribution is -0.125. The molecule has 3 N–H and O–H groups in total. The summed E-state index contributed by atoms with van der Waals surface area (Å²) in [6, 6.07) is -0.455. The van der Waals surface area contributed by atoms with Gasteiger partial charge in [0.1, 0.15) is 6.04 Å². The smallest absolute Gasteiger partial charge is 0.407 e. The van der Waals surface area contributed by atoms with Crippen LogP contribution in [0, 0.1) is 0 Å². The second kappa shape index (κ2) is 4.69. The molecule has 1 atom stereocenters. The predicted octanol–water partition coefficient (Wildman–Crippen LogP) is -0.147. The van der Waals surface area contributed by atoms with E-state index >= 15 is 0 Å². The van der Waals surface area contributed by atoms with Gasteiger partial charge in [-0.1, -0.05) is 0 Å². The Kier molecular flexibility index (Phi) is 3.74. The molecular weight excluding hydrogens is 210 g/mol. The number of carboxylic acid groups (broad SMARTS) is 1. The van der Waals surface area contributed by atoms with E-state index in [1.54, 1.807) is 0 Å². The maximum atomic E-state index is 11.8. The van der Waals surface area contributed by atoms with Crippen LogP contribution in [0.3, 0.4) is 0 Å². The van der Waals surface area contributed by atoms with Crippen LogP contribution in [0.15, 0.2) is 0 Å². The third-order valence-electron chi connectivity index (χ3n) is 2.26. The van der Waals surface area contributed by atoms with Crippen molar-refractivity contribution in [1.29, 1.82) is 0 Å². The Morgan fingerprint density at radius 1 is 1.44 bits per heavy atom. The van der Waals surface area contributed by atoms with Crippen LogP contribution in [0.25, 0.3) is 0 Å². The van der Waals surface area contributed by atoms with Crippen LogP contribution in [0.1, 0.15) is 20.8 Å². The molecule has 0 spiro atoms. The first kappa shape index (κ1) is 12.8. The van der Waals surface area contributed by atoms with E-state index in [2.05, 4.69) is 10.6 Å². The van der Waals surface area contributed by atoms with Crippen LogP contribution in [-0.4, -0.2) is 53.2 Å².